The number of benzene rings is 2. The Bertz CT molecular complexity index is 824. The Labute approximate surface area is 154 Å². The molecule has 2 aromatic carbocycles. The molecule has 2 heterocycles. The van der Waals surface area contributed by atoms with E-state index in [-0.39, 0.29) is 0 Å². The number of nitrogens with zero attached hydrogens (tertiary/aromatic N) is 2. The fourth-order valence-corrected chi connectivity index (χ4v) is 2.35. The maximum Gasteiger partial charge on any atom is 0.0886 e. The summed E-state index contributed by atoms with van der Waals surface area (Å²) in [6.07, 6.45) is 7.78. The summed E-state index contributed by atoms with van der Waals surface area (Å²) < 4.78 is 0. The summed E-state index contributed by atoms with van der Waals surface area (Å²) in [5.41, 5.74) is 4.30. The van der Waals surface area contributed by atoms with Crippen LogP contribution in [0, 0.1) is 0 Å². The standard InChI is InChI=1S/C14H12.C10H8N2/c1-3-7-13(8-4-1)11-12-14-9-5-2-6-10-14;1-3-7-11-9(5-1)10-6-2-4-8-12-10/h1-12H;1-8H. The van der Waals surface area contributed by atoms with E-state index in [1.54, 1.807) is 12.4 Å². The van der Waals surface area contributed by atoms with Crippen LogP contribution in [-0.4, -0.2) is 9.97 Å². The Hall–Kier alpha value is -3.52. The first-order chi connectivity index (χ1) is 12.9. The lowest BCUT2D eigenvalue weighted by atomic mass is 10.1. The van der Waals surface area contributed by atoms with E-state index in [1.165, 1.54) is 11.1 Å². The molecule has 2 heteroatoms. The van der Waals surface area contributed by atoms with Crippen LogP contribution in [0.1, 0.15) is 11.1 Å². The van der Waals surface area contributed by atoms with Gasteiger partial charge in [0.2, 0.25) is 0 Å². The van der Waals surface area contributed by atoms with Crippen molar-refractivity contribution >= 4 is 12.2 Å². The lowest BCUT2D eigenvalue weighted by Gasteiger charge is -1.96. The van der Waals surface area contributed by atoms with Crippen molar-refractivity contribution in [3.05, 3.63) is 121 Å². The van der Waals surface area contributed by atoms with Crippen LogP contribution < -0.4 is 0 Å². The summed E-state index contributed by atoms with van der Waals surface area (Å²) >= 11 is 0. The molecule has 0 bridgehead atoms. The Kier molecular flexibility index (Phi) is 6.46. The van der Waals surface area contributed by atoms with Gasteiger partial charge in [-0.05, 0) is 35.4 Å². The maximum absolute atomic E-state index is 4.19. The maximum atomic E-state index is 4.19. The summed E-state index contributed by atoms with van der Waals surface area (Å²) in [4.78, 5) is 8.37. The molecule has 0 aliphatic carbocycles. The van der Waals surface area contributed by atoms with E-state index in [0.717, 1.165) is 11.4 Å². The molecule has 0 unspecified atom stereocenters. The van der Waals surface area contributed by atoms with Crippen LogP contribution in [0.3, 0.4) is 0 Å². The minimum Gasteiger partial charge on any atom is -0.255 e. The van der Waals surface area contributed by atoms with Gasteiger partial charge in [0, 0.05) is 12.4 Å². The third-order valence-electron chi connectivity index (χ3n) is 3.66. The van der Waals surface area contributed by atoms with Gasteiger partial charge in [0.1, 0.15) is 0 Å². The zero-order valence-electron chi connectivity index (χ0n) is 14.4. The van der Waals surface area contributed by atoms with Gasteiger partial charge in [0.15, 0.2) is 0 Å². The van der Waals surface area contributed by atoms with E-state index in [4.69, 9.17) is 0 Å². The molecule has 2 aromatic heterocycles. The quantitative estimate of drug-likeness (QED) is 0.429. The number of hydrogen-bond acceptors (Lipinski definition) is 2. The highest BCUT2D eigenvalue weighted by Crippen LogP contribution is 2.11. The fraction of sp³-hybridized carbons (Fsp3) is 0. The minimum absolute atomic E-state index is 0.915. The average Bonchev–Trinajstić information content (AvgIpc) is 2.75. The van der Waals surface area contributed by atoms with Crippen molar-refractivity contribution in [2.45, 2.75) is 0 Å². The average molecular weight is 336 g/mol. The highest BCUT2D eigenvalue weighted by molar-refractivity contribution is 5.69. The summed E-state index contributed by atoms with van der Waals surface area (Å²) in [5.74, 6) is 0. The number of hydrogen-bond donors (Lipinski definition) is 0. The topological polar surface area (TPSA) is 25.8 Å². The van der Waals surface area contributed by atoms with Crippen molar-refractivity contribution in [3.8, 4) is 11.4 Å². The first kappa shape index (κ1) is 17.3. The molecule has 0 saturated heterocycles. The second-order valence-corrected chi connectivity index (χ2v) is 5.58. The highest BCUT2D eigenvalue weighted by Gasteiger charge is 1.95. The molecule has 0 amide bonds. The van der Waals surface area contributed by atoms with Crippen LogP contribution in [0.15, 0.2) is 109 Å². The van der Waals surface area contributed by atoms with E-state index in [1.807, 2.05) is 72.8 Å². The Morgan fingerprint density at radius 1 is 0.423 bits per heavy atom. The lowest BCUT2D eigenvalue weighted by Crippen LogP contribution is -1.83. The molecule has 0 aliphatic heterocycles. The minimum atomic E-state index is 0.915. The van der Waals surface area contributed by atoms with Crippen molar-refractivity contribution < 1.29 is 0 Å². The molecule has 0 fully saturated rings. The zero-order chi connectivity index (χ0) is 17.9. The molecule has 4 aromatic rings. The zero-order valence-corrected chi connectivity index (χ0v) is 14.4. The molecule has 0 N–H and O–H groups in total. The van der Waals surface area contributed by atoms with Gasteiger partial charge in [0.25, 0.3) is 0 Å². The van der Waals surface area contributed by atoms with Crippen LogP contribution >= 0.6 is 0 Å². The molecule has 0 radical (unpaired) electrons. The normalized spacial score (nSPS) is 10.2. The monoisotopic (exact) mass is 336 g/mol. The Morgan fingerprint density at radius 3 is 1.15 bits per heavy atom. The van der Waals surface area contributed by atoms with E-state index in [9.17, 15) is 0 Å². The molecule has 0 saturated carbocycles. The smallest absolute Gasteiger partial charge is 0.0886 e. The largest absolute Gasteiger partial charge is 0.255 e. The summed E-state index contributed by atoms with van der Waals surface area (Å²) in [6.45, 7) is 0. The molecule has 2 nitrogen and oxygen atoms in total. The lowest BCUT2D eigenvalue weighted by molar-refractivity contribution is 1.25. The predicted molar refractivity (Wildman–Crippen MR) is 109 cm³/mol. The van der Waals surface area contributed by atoms with Gasteiger partial charge in [-0.15, -0.1) is 0 Å². The fourth-order valence-electron chi connectivity index (χ4n) is 2.35. The molecule has 0 spiro atoms. The van der Waals surface area contributed by atoms with Crippen LogP contribution in [0.5, 0.6) is 0 Å². The molecule has 0 atom stereocenters. The summed E-state index contributed by atoms with van der Waals surface area (Å²) in [6, 6.07) is 32.2. The third-order valence-corrected chi connectivity index (χ3v) is 3.66. The highest BCUT2D eigenvalue weighted by atomic mass is 14.7. The van der Waals surface area contributed by atoms with Crippen LogP contribution in [-0.2, 0) is 0 Å². The number of aromatic nitrogens is 2. The van der Waals surface area contributed by atoms with Crippen LogP contribution in [0.2, 0.25) is 0 Å². The second-order valence-electron chi connectivity index (χ2n) is 5.58. The first-order valence-corrected chi connectivity index (χ1v) is 8.52. The van der Waals surface area contributed by atoms with Gasteiger partial charge in [-0.25, -0.2) is 0 Å². The van der Waals surface area contributed by atoms with Crippen molar-refractivity contribution in [2.24, 2.45) is 0 Å². The summed E-state index contributed by atoms with van der Waals surface area (Å²) in [7, 11) is 0. The van der Waals surface area contributed by atoms with Crippen molar-refractivity contribution in [2.75, 3.05) is 0 Å². The third kappa shape index (κ3) is 5.53. The number of rotatable bonds is 3. The van der Waals surface area contributed by atoms with Gasteiger partial charge >= 0.3 is 0 Å². The van der Waals surface area contributed by atoms with Gasteiger partial charge in [-0.3, -0.25) is 9.97 Å². The van der Waals surface area contributed by atoms with Crippen molar-refractivity contribution in [1.82, 2.24) is 9.97 Å². The molecular formula is C24H20N2. The molecule has 26 heavy (non-hydrogen) atoms. The summed E-state index contributed by atoms with van der Waals surface area (Å²) in [5, 5.41) is 0. The van der Waals surface area contributed by atoms with Crippen molar-refractivity contribution in [1.29, 1.82) is 0 Å². The van der Waals surface area contributed by atoms with Gasteiger partial charge in [-0.2, -0.15) is 0 Å². The Balaban J connectivity index is 0.000000152. The Morgan fingerprint density at radius 2 is 0.808 bits per heavy atom. The van der Waals surface area contributed by atoms with Crippen LogP contribution in [0.25, 0.3) is 23.5 Å². The van der Waals surface area contributed by atoms with Gasteiger partial charge < -0.3 is 0 Å². The van der Waals surface area contributed by atoms with Gasteiger partial charge in [-0.1, -0.05) is 84.9 Å². The van der Waals surface area contributed by atoms with Crippen molar-refractivity contribution in [3.63, 3.8) is 0 Å². The molecule has 4 rings (SSSR count). The van der Waals surface area contributed by atoms with E-state index < -0.39 is 0 Å². The molecule has 126 valence electrons. The number of pyridine rings is 2. The first-order valence-electron chi connectivity index (χ1n) is 8.52. The van der Waals surface area contributed by atoms with Gasteiger partial charge in [0.05, 0.1) is 11.4 Å². The second kappa shape index (κ2) is 9.70. The predicted octanol–water partition coefficient (Wildman–Crippen LogP) is 6.00. The van der Waals surface area contributed by atoms with E-state index in [0.29, 0.717) is 0 Å². The molecule has 0 aliphatic rings. The molecular weight excluding hydrogens is 316 g/mol. The van der Waals surface area contributed by atoms with Crippen LogP contribution in [0.4, 0.5) is 0 Å². The van der Waals surface area contributed by atoms with E-state index >= 15 is 0 Å². The SMILES string of the molecule is C(=Cc1ccccc1)c1ccccc1.c1ccc(-c2ccccn2)nc1. The van der Waals surface area contributed by atoms with E-state index in [2.05, 4.69) is 46.4 Å².